The number of hydrogen-bond donors (Lipinski definition) is 4. The number of carboxylic acid groups (broad SMARTS) is 2. The lowest BCUT2D eigenvalue weighted by Crippen LogP contribution is -2.55. The molecule has 0 radical (unpaired) electrons. The van der Waals surface area contributed by atoms with Crippen LogP contribution in [0, 0.1) is 5.92 Å². The third-order valence-electron chi connectivity index (χ3n) is 5.56. The number of aliphatic carboxylic acids is 2. The highest BCUT2D eigenvalue weighted by Crippen LogP contribution is 2.35. The first-order valence-electron chi connectivity index (χ1n) is 10.4. The molecule has 0 amide bonds. The number of fused-ring (bicyclic) bond motifs is 2. The fraction of sp³-hybridized carbons (Fsp3) is 0.318. The average Bonchev–Trinajstić information content (AvgIpc) is 3.39. The van der Waals surface area contributed by atoms with Crippen LogP contribution < -0.4 is 10.2 Å². The number of aromatic nitrogens is 2. The maximum Gasteiger partial charge on any atom is 0.490 e. The van der Waals surface area contributed by atoms with Crippen LogP contribution in [0.2, 0.25) is 0 Å². The number of nitrogens with one attached hydrogen (secondary N) is 2. The third kappa shape index (κ3) is 6.44. The van der Waals surface area contributed by atoms with Gasteiger partial charge in [0.1, 0.15) is 0 Å². The van der Waals surface area contributed by atoms with Crippen LogP contribution in [-0.4, -0.2) is 70.1 Å². The van der Waals surface area contributed by atoms with Crippen molar-refractivity contribution in [3.63, 3.8) is 0 Å². The number of alkyl halides is 6. The highest BCUT2D eigenvalue weighted by atomic mass is 19.4. The van der Waals surface area contributed by atoms with Gasteiger partial charge in [-0.25, -0.2) is 9.59 Å². The summed E-state index contributed by atoms with van der Waals surface area (Å²) in [4.78, 5) is 28.0. The van der Waals surface area contributed by atoms with Crippen LogP contribution in [0.15, 0.2) is 48.9 Å². The lowest BCUT2D eigenvalue weighted by Gasteiger charge is -2.45. The van der Waals surface area contributed by atoms with E-state index in [4.69, 9.17) is 19.8 Å². The summed E-state index contributed by atoms with van der Waals surface area (Å²) in [6.07, 6.45) is -4.23. The van der Waals surface area contributed by atoms with Crippen molar-refractivity contribution in [2.24, 2.45) is 5.92 Å². The molecule has 4 N–H and O–H groups in total. The van der Waals surface area contributed by atoms with Gasteiger partial charge in [-0.15, -0.1) is 0 Å². The van der Waals surface area contributed by atoms with Crippen molar-refractivity contribution in [2.45, 2.75) is 18.4 Å². The number of hydrogen-bond acceptors (Lipinski definition) is 5. The Bertz CT molecular complexity index is 1200. The zero-order chi connectivity index (χ0) is 26.7. The van der Waals surface area contributed by atoms with Gasteiger partial charge < -0.3 is 25.4 Å². The second-order valence-corrected chi connectivity index (χ2v) is 7.96. The SMILES string of the molecule is O=C(O)C(F)(F)F.O=C(O)C(F)(F)F.c1cc2cc(-c3cncc(N4C[C@H]5CNC[C@@H]54)c3)ccc2[nH]1. The minimum atomic E-state index is -5.08. The van der Waals surface area contributed by atoms with E-state index in [1.807, 2.05) is 18.6 Å². The lowest BCUT2D eigenvalue weighted by molar-refractivity contribution is -0.193. The van der Waals surface area contributed by atoms with Gasteiger partial charge in [-0.3, -0.25) is 4.98 Å². The summed E-state index contributed by atoms with van der Waals surface area (Å²) in [6.45, 7) is 3.42. The summed E-state index contributed by atoms with van der Waals surface area (Å²) in [5.41, 5.74) is 4.84. The van der Waals surface area contributed by atoms with Crippen LogP contribution in [0.25, 0.3) is 22.0 Å². The van der Waals surface area contributed by atoms with E-state index in [-0.39, 0.29) is 0 Å². The predicted octanol–water partition coefficient (Wildman–Crippen LogP) is 3.90. The van der Waals surface area contributed by atoms with Gasteiger partial charge in [-0.1, -0.05) is 6.07 Å². The van der Waals surface area contributed by atoms with E-state index >= 15 is 0 Å². The molecule has 0 aliphatic carbocycles. The molecule has 4 heterocycles. The number of nitrogens with zero attached hydrogens (tertiary/aromatic N) is 2. The molecule has 3 aromatic rings. The molecule has 0 unspecified atom stereocenters. The number of anilines is 1. The van der Waals surface area contributed by atoms with Crippen LogP contribution in [0.5, 0.6) is 0 Å². The van der Waals surface area contributed by atoms with E-state index < -0.39 is 24.3 Å². The van der Waals surface area contributed by atoms with E-state index in [9.17, 15) is 26.3 Å². The predicted molar refractivity (Wildman–Crippen MR) is 116 cm³/mol. The smallest absolute Gasteiger partial charge is 0.475 e. The van der Waals surface area contributed by atoms with Gasteiger partial charge in [0.15, 0.2) is 0 Å². The van der Waals surface area contributed by atoms with Gasteiger partial charge in [0.25, 0.3) is 0 Å². The maximum absolute atomic E-state index is 10.6. The summed E-state index contributed by atoms with van der Waals surface area (Å²) in [5, 5.41) is 19.0. The highest BCUT2D eigenvalue weighted by molar-refractivity contribution is 5.85. The third-order valence-corrected chi connectivity index (χ3v) is 5.56. The molecular formula is C22H20F6N4O4. The Morgan fingerprint density at radius 2 is 1.56 bits per heavy atom. The van der Waals surface area contributed by atoms with E-state index in [2.05, 4.69) is 50.5 Å². The Labute approximate surface area is 199 Å². The number of benzene rings is 1. The van der Waals surface area contributed by atoms with Gasteiger partial charge in [-0.2, -0.15) is 26.3 Å². The summed E-state index contributed by atoms with van der Waals surface area (Å²) in [5.74, 6) is -4.69. The molecule has 194 valence electrons. The molecule has 2 aliphatic rings. The van der Waals surface area contributed by atoms with Crippen molar-refractivity contribution >= 4 is 28.5 Å². The Morgan fingerprint density at radius 3 is 2.14 bits per heavy atom. The summed E-state index contributed by atoms with van der Waals surface area (Å²) < 4.78 is 63.5. The summed E-state index contributed by atoms with van der Waals surface area (Å²) in [7, 11) is 0. The summed E-state index contributed by atoms with van der Waals surface area (Å²) >= 11 is 0. The summed E-state index contributed by atoms with van der Waals surface area (Å²) in [6, 6.07) is 11.6. The number of rotatable bonds is 2. The van der Waals surface area contributed by atoms with Gasteiger partial charge in [-0.05, 0) is 35.2 Å². The number of H-pyrrole nitrogens is 1. The largest absolute Gasteiger partial charge is 0.490 e. The van der Waals surface area contributed by atoms with E-state index in [0.717, 1.165) is 19.0 Å². The van der Waals surface area contributed by atoms with Crippen molar-refractivity contribution < 1.29 is 46.1 Å². The number of carboxylic acids is 2. The van der Waals surface area contributed by atoms with Crippen LogP contribution in [0.3, 0.4) is 0 Å². The monoisotopic (exact) mass is 518 g/mol. The number of halogens is 6. The first-order chi connectivity index (χ1) is 16.8. The Morgan fingerprint density at radius 1 is 0.917 bits per heavy atom. The molecule has 2 saturated heterocycles. The molecule has 8 nitrogen and oxygen atoms in total. The van der Waals surface area contributed by atoms with Gasteiger partial charge >= 0.3 is 24.3 Å². The van der Waals surface area contributed by atoms with Gasteiger partial charge in [0, 0.05) is 55.1 Å². The second kappa shape index (κ2) is 10.4. The van der Waals surface area contributed by atoms with Crippen LogP contribution in [-0.2, 0) is 9.59 Å². The standard InChI is InChI=1S/C18H18N4.2C2HF3O2/c1-2-17-13(3-4-21-17)5-12(1)14-6-16(9-19-7-14)22-11-15-8-20-10-18(15)22;2*3-2(4,5)1(6)7/h1-7,9,15,18,20-21H,8,10-11H2;2*(H,6,7)/t15-,18+;;/m1../s1. The molecule has 36 heavy (non-hydrogen) atoms. The molecule has 0 bridgehead atoms. The number of pyridine rings is 1. The van der Waals surface area contributed by atoms with Crippen LogP contribution >= 0.6 is 0 Å². The zero-order valence-electron chi connectivity index (χ0n) is 18.3. The molecule has 2 aromatic heterocycles. The fourth-order valence-electron chi connectivity index (χ4n) is 3.79. The molecule has 2 aliphatic heterocycles. The first kappa shape index (κ1) is 26.8. The Balaban J connectivity index is 0.000000216. The number of carbonyl (C=O) groups is 2. The van der Waals surface area contributed by atoms with E-state index in [0.29, 0.717) is 6.04 Å². The van der Waals surface area contributed by atoms with Crippen molar-refractivity contribution in [1.29, 1.82) is 0 Å². The molecule has 5 rings (SSSR count). The van der Waals surface area contributed by atoms with Crippen molar-refractivity contribution in [2.75, 3.05) is 24.5 Å². The molecule has 14 heteroatoms. The number of aromatic amines is 1. The molecular weight excluding hydrogens is 498 g/mol. The Kier molecular flexibility index (Phi) is 7.77. The normalized spacial score (nSPS) is 18.8. The van der Waals surface area contributed by atoms with Crippen LogP contribution in [0.4, 0.5) is 32.0 Å². The van der Waals surface area contributed by atoms with Crippen molar-refractivity contribution in [3.05, 3.63) is 48.9 Å². The minimum Gasteiger partial charge on any atom is -0.475 e. The van der Waals surface area contributed by atoms with E-state index in [1.165, 1.54) is 34.3 Å². The molecule has 2 atom stereocenters. The van der Waals surface area contributed by atoms with Crippen LogP contribution in [0.1, 0.15) is 0 Å². The zero-order valence-corrected chi connectivity index (χ0v) is 18.3. The topological polar surface area (TPSA) is 119 Å². The lowest BCUT2D eigenvalue weighted by atomic mass is 9.91. The van der Waals surface area contributed by atoms with Gasteiger partial charge in [0.05, 0.1) is 11.9 Å². The minimum absolute atomic E-state index is 0.657. The second-order valence-electron chi connectivity index (χ2n) is 7.96. The van der Waals surface area contributed by atoms with Gasteiger partial charge in [0.2, 0.25) is 0 Å². The van der Waals surface area contributed by atoms with E-state index in [1.54, 1.807) is 0 Å². The molecule has 1 aromatic carbocycles. The first-order valence-corrected chi connectivity index (χ1v) is 10.4. The van der Waals surface area contributed by atoms with Crippen molar-refractivity contribution in [3.8, 4) is 11.1 Å². The molecule has 2 fully saturated rings. The maximum atomic E-state index is 10.6. The fourth-order valence-corrected chi connectivity index (χ4v) is 3.79. The Hall–Kier alpha value is -3.81. The molecule has 0 saturated carbocycles. The van der Waals surface area contributed by atoms with Crippen molar-refractivity contribution in [1.82, 2.24) is 15.3 Å². The highest BCUT2D eigenvalue weighted by Gasteiger charge is 2.42. The average molecular weight is 518 g/mol. The molecule has 0 spiro atoms. The quantitative estimate of drug-likeness (QED) is 0.380.